The van der Waals surface area contributed by atoms with Crippen LogP contribution in [0.15, 0.2) is 0 Å². The Bertz CT molecular complexity index is 337. The van der Waals surface area contributed by atoms with Gasteiger partial charge < -0.3 is 14.9 Å². The van der Waals surface area contributed by atoms with Crippen molar-refractivity contribution in [1.29, 1.82) is 0 Å². The number of carboxylic acids is 1. The minimum atomic E-state index is -0.783. The molecular weight excluding hydrogens is 252 g/mol. The number of hydrogen-bond acceptors (Lipinski definition) is 3. The van der Waals surface area contributed by atoms with Gasteiger partial charge in [-0.2, -0.15) is 11.8 Å². The average Bonchev–Trinajstić information content (AvgIpc) is 2.38. The van der Waals surface area contributed by atoms with Crippen LogP contribution in [-0.4, -0.2) is 64.1 Å². The van der Waals surface area contributed by atoms with Gasteiger partial charge in [0.05, 0.1) is 5.92 Å². The summed E-state index contributed by atoms with van der Waals surface area (Å²) in [5.74, 6) is 0.778. The molecule has 2 rings (SSSR count). The van der Waals surface area contributed by atoms with Crippen LogP contribution in [0.2, 0.25) is 0 Å². The second kappa shape index (κ2) is 5.82. The quantitative estimate of drug-likeness (QED) is 0.782. The molecule has 2 amide bonds. The van der Waals surface area contributed by atoms with E-state index in [0.29, 0.717) is 19.5 Å². The number of hydrogen-bond donors (Lipinski definition) is 1. The fourth-order valence-corrected chi connectivity index (χ4v) is 3.56. The zero-order chi connectivity index (χ0) is 13.1. The van der Waals surface area contributed by atoms with Gasteiger partial charge in [-0.15, -0.1) is 0 Å². The summed E-state index contributed by atoms with van der Waals surface area (Å²) in [6.07, 6.45) is 1.48. The molecule has 0 radical (unpaired) electrons. The number of rotatable bonds is 1. The Hall–Kier alpha value is -0.910. The predicted molar refractivity (Wildman–Crippen MR) is 70.8 cm³/mol. The van der Waals surface area contributed by atoms with Crippen molar-refractivity contribution in [2.75, 3.05) is 31.1 Å². The number of carbonyl (C=O) groups is 2. The van der Waals surface area contributed by atoms with Crippen LogP contribution in [0.1, 0.15) is 19.8 Å². The molecule has 0 bridgehead atoms. The maximum absolute atomic E-state index is 12.4. The topological polar surface area (TPSA) is 60.9 Å². The molecule has 5 nitrogen and oxygen atoms in total. The number of carbonyl (C=O) groups excluding carboxylic acids is 1. The summed E-state index contributed by atoms with van der Waals surface area (Å²) < 4.78 is 0. The molecule has 1 N–H and O–H groups in total. The lowest BCUT2D eigenvalue weighted by atomic mass is 9.98. The highest BCUT2D eigenvalue weighted by Gasteiger charge is 2.32. The molecule has 0 aliphatic carbocycles. The van der Waals surface area contributed by atoms with Crippen molar-refractivity contribution >= 4 is 23.8 Å². The molecular formula is C12H20N2O3S. The van der Waals surface area contributed by atoms with Crippen molar-refractivity contribution in [3.8, 4) is 0 Å². The smallest absolute Gasteiger partial charge is 0.320 e. The Kier molecular flexibility index (Phi) is 4.37. The molecule has 2 atom stereocenters. The lowest BCUT2D eigenvalue weighted by Crippen LogP contribution is -2.53. The third kappa shape index (κ3) is 2.91. The Morgan fingerprint density at radius 2 is 2.11 bits per heavy atom. The molecule has 0 aromatic rings. The SMILES string of the molecule is CC1CSCCN1C(=O)N1CCC[C@@H](C(=O)O)C1. The highest BCUT2D eigenvalue weighted by atomic mass is 32.2. The Balaban J connectivity index is 1.97. The molecule has 0 aromatic carbocycles. The van der Waals surface area contributed by atoms with Gasteiger partial charge in [-0.25, -0.2) is 4.79 Å². The van der Waals surface area contributed by atoms with E-state index in [0.717, 1.165) is 24.5 Å². The lowest BCUT2D eigenvalue weighted by Gasteiger charge is -2.39. The van der Waals surface area contributed by atoms with Crippen LogP contribution >= 0.6 is 11.8 Å². The molecule has 2 saturated heterocycles. The van der Waals surface area contributed by atoms with Crippen molar-refractivity contribution in [2.24, 2.45) is 5.92 Å². The number of thioether (sulfide) groups is 1. The minimum Gasteiger partial charge on any atom is -0.481 e. The first kappa shape index (κ1) is 13.5. The summed E-state index contributed by atoms with van der Waals surface area (Å²) in [5, 5.41) is 9.05. The number of carboxylic acid groups (broad SMARTS) is 1. The zero-order valence-electron chi connectivity index (χ0n) is 10.7. The van der Waals surface area contributed by atoms with Gasteiger partial charge in [0.15, 0.2) is 0 Å². The average molecular weight is 272 g/mol. The lowest BCUT2D eigenvalue weighted by molar-refractivity contribution is -0.143. The van der Waals surface area contributed by atoms with E-state index in [1.165, 1.54) is 0 Å². The van der Waals surface area contributed by atoms with E-state index < -0.39 is 11.9 Å². The third-order valence-corrected chi connectivity index (χ3v) is 4.84. The Morgan fingerprint density at radius 3 is 2.78 bits per heavy atom. The summed E-state index contributed by atoms with van der Waals surface area (Å²) >= 11 is 1.87. The monoisotopic (exact) mass is 272 g/mol. The molecule has 2 aliphatic rings. The highest BCUT2D eigenvalue weighted by Crippen LogP contribution is 2.22. The molecule has 102 valence electrons. The number of likely N-dealkylation sites (tertiary alicyclic amines) is 1. The van der Waals surface area contributed by atoms with Crippen molar-refractivity contribution < 1.29 is 14.7 Å². The van der Waals surface area contributed by atoms with Crippen LogP contribution in [0, 0.1) is 5.92 Å². The summed E-state index contributed by atoms with van der Waals surface area (Å²) in [4.78, 5) is 27.0. The maximum Gasteiger partial charge on any atom is 0.320 e. The zero-order valence-corrected chi connectivity index (χ0v) is 11.5. The first-order chi connectivity index (χ1) is 8.59. The van der Waals surface area contributed by atoms with Gasteiger partial charge in [0, 0.05) is 37.2 Å². The molecule has 0 saturated carbocycles. The second-order valence-corrected chi connectivity index (χ2v) is 6.17. The maximum atomic E-state index is 12.4. The molecule has 0 spiro atoms. The van der Waals surface area contributed by atoms with E-state index in [2.05, 4.69) is 6.92 Å². The van der Waals surface area contributed by atoms with Crippen LogP contribution < -0.4 is 0 Å². The van der Waals surface area contributed by atoms with Crippen LogP contribution in [0.5, 0.6) is 0 Å². The minimum absolute atomic E-state index is 0.0220. The summed E-state index contributed by atoms with van der Waals surface area (Å²) in [5.41, 5.74) is 0. The number of nitrogens with zero attached hydrogens (tertiary/aromatic N) is 2. The first-order valence-electron chi connectivity index (χ1n) is 6.45. The van der Waals surface area contributed by atoms with Crippen molar-refractivity contribution in [3.05, 3.63) is 0 Å². The van der Waals surface area contributed by atoms with E-state index in [4.69, 9.17) is 5.11 Å². The number of amides is 2. The summed E-state index contributed by atoms with van der Waals surface area (Å²) in [6, 6.07) is 0.273. The van der Waals surface area contributed by atoms with Gasteiger partial charge in [0.25, 0.3) is 0 Å². The third-order valence-electron chi connectivity index (χ3n) is 3.65. The Labute approximate surface area is 112 Å². The van der Waals surface area contributed by atoms with Gasteiger partial charge in [-0.3, -0.25) is 4.79 Å². The fraction of sp³-hybridized carbons (Fsp3) is 0.833. The fourth-order valence-electron chi connectivity index (χ4n) is 2.55. The molecule has 0 aromatic heterocycles. The Morgan fingerprint density at radius 1 is 1.33 bits per heavy atom. The van der Waals surface area contributed by atoms with Gasteiger partial charge in [0.1, 0.15) is 0 Å². The van der Waals surface area contributed by atoms with Crippen molar-refractivity contribution in [2.45, 2.75) is 25.8 Å². The number of urea groups is 1. The van der Waals surface area contributed by atoms with Gasteiger partial charge in [0.2, 0.25) is 0 Å². The van der Waals surface area contributed by atoms with E-state index in [-0.39, 0.29) is 12.1 Å². The molecule has 6 heteroatoms. The van der Waals surface area contributed by atoms with Crippen molar-refractivity contribution in [3.63, 3.8) is 0 Å². The van der Waals surface area contributed by atoms with E-state index in [1.807, 2.05) is 16.7 Å². The van der Waals surface area contributed by atoms with E-state index in [9.17, 15) is 9.59 Å². The molecule has 2 aliphatic heterocycles. The van der Waals surface area contributed by atoms with Crippen LogP contribution in [-0.2, 0) is 4.79 Å². The van der Waals surface area contributed by atoms with Crippen LogP contribution in [0.4, 0.5) is 4.79 Å². The molecule has 2 fully saturated rings. The normalized spacial score (nSPS) is 29.2. The molecule has 2 heterocycles. The van der Waals surface area contributed by atoms with Crippen molar-refractivity contribution in [1.82, 2.24) is 9.80 Å². The summed E-state index contributed by atoms with van der Waals surface area (Å²) in [7, 11) is 0. The van der Waals surface area contributed by atoms with E-state index in [1.54, 1.807) is 4.90 Å². The standard InChI is InChI=1S/C12H20N2O3S/c1-9-8-18-6-5-14(9)12(17)13-4-2-3-10(7-13)11(15)16/h9-10H,2-8H2,1H3,(H,15,16)/t9?,10-/m1/s1. The molecule has 1 unspecified atom stereocenters. The van der Waals surface area contributed by atoms with Gasteiger partial charge in [-0.1, -0.05) is 0 Å². The second-order valence-electron chi connectivity index (χ2n) is 5.02. The van der Waals surface area contributed by atoms with Gasteiger partial charge >= 0.3 is 12.0 Å². The van der Waals surface area contributed by atoms with Gasteiger partial charge in [-0.05, 0) is 19.8 Å². The summed E-state index contributed by atoms with van der Waals surface area (Å²) in [6.45, 7) is 3.89. The largest absolute Gasteiger partial charge is 0.481 e. The predicted octanol–water partition coefficient (Wildman–Crippen LogP) is 1.34. The van der Waals surface area contributed by atoms with Crippen LogP contribution in [0.25, 0.3) is 0 Å². The number of aliphatic carboxylic acids is 1. The molecule has 18 heavy (non-hydrogen) atoms. The van der Waals surface area contributed by atoms with E-state index >= 15 is 0 Å². The van der Waals surface area contributed by atoms with Crippen LogP contribution in [0.3, 0.4) is 0 Å². The first-order valence-corrected chi connectivity index (χ1v) is 7.61. The number of piperidine rings is 1. The highest BCUT2D eigenvalue weighted by molar-refractivity contribution is 7.99.